The summed E-state index contributed by atoms with van der Waals surface area (Å²) in [4.78, 5) is 11.2. The lowest BCUT2D eigenvalue weighted by atomic mass is 10.0. The zero-order chi connectivity index (χ0) is 14.5. The van der Waals surface area contributed by atoms with E-state index in [4.69, 9.17) is 10.2 Å². The molecule has 5 nitrogen and oxygen atoms in total. The number of carboxylic acid groups (broad SMARTS) is 1. The molecular formula is C14H15NO4S. The number of aliphatic hydroxyl groups is 2. The molecule has 2 aromatic rings. The fourth-order valence-electron chi connectivity index (χ4n) is 1.78. The summed E-state index contributed by atoms with van der Waals surface area (Å²) in [6.45, 7) is -0.288. The third-order valence-electron chi connectivity index (χ3n) is 2.84. The Morgan fingerprint density at radius 3 is 2.70 bits per heavy atom. The molecule has 1 heterocycles. The van der Waals surface area contributed by atoms with Crippen molar-refractivity contribution in [3.63, 3.8) is 0 Å². The Kier molecular flexibility index (Phi) is 4.73. The molecule has 0 aliphatic heterocycles. The van der Waals surface area contributed by atoms with Crippen molar-refractivity contribution in [2.24, 2.45) is 0 Å². The molecule has 6 heteroatoms. The van der Waals surface area contributed by atoms with Gasteiger partial charge in [-0.05, 0) is 40.1 Å². The van der Waals surface area contributed by atoms with Crippen LogP contribution < -0.4 is 5.32 Å². The zero-order valence-electron chi connectivity index (χ0n) is 10.6. The Balaban J connectivity index is 2.30. The molecule has 0 bridgehead atoms. The topological polar surface area (TPSA) is 89.8 Å². The number of rotatable bonds is 6. The molecule has 0 amide bonds. The minimum absolute atomic E-state index is 0.0872. The summed E-state index contributed by atoms with van der Waals surface area (Å²) in [6.07, 6.45) is -0.929. The molecule has 20 heavy (non-hydrogen) atoms. The van der Waals surface area contributed by atoms with Gasteiger partial charge in [0.15, 0.2) is 0 Å². The minimum atomic E-state index is -1.04. The number of aromatic carboxylic acids is 1. The quantitative estimate of drug-likeness (QED) is 0.653. The molecule has 0 radical (unpaired) electrons. The average Bonchev–Trinajstić information content (AvgIpc) is 2.98. The van der Waals surface area contributed by atoms with E-state index in [1.807, 2.05) is 16.8 Å². The number of hydrogen-bond acceptors (Lipinski definition) is 5. The summed E-state index contributed by atoms with van der Waals surface area (Å²) in [7, 11) is 0. The van der Waals surface area contributed by atoms with E-state index in [1.54, 1.807) is 23.5 Å². The van der Waals surface area contributed by atoms with Crippen LogP contribution in [0.2, 0.25) is 0 Å². The highest BCUT2D eigenvalue weighted by molar-refractivity contribution is 7.08. The molecule has 4 N–H and O–H groups in total. The second-order valence-corrected chi connectivity index (χ2v) is 5.07. The van der Waals surface area contributed by atoms with Crippen molar-refractivity contribution in [3.05, 3.63) is 40.6 Å². The lowest BCUT2D eigenvalue weighted by Crippen LogP contribution is -2.23. The van der Waals surface area contributed by atoms with Gasteiger partial charge in [0, 0.05) is 12.2 Å². The predicted molar refractivity (Wildman–Crippen MR) is 78.3 cm³/mol. The zero-order valence-corrected chi connectivity index (χ0v) is 11.4. The fourth-order valence-corrected chi connectivity index (χ4v) is 2.44. The molecule has 0 saturated carbocycles. The summed E-state index contributed by atoms with van der Waals surface area (Å²) in [5.74, 6) is -1.04. The standard InChI is InChI=1S/C14H15NO4S/c16-7-11(17)6-15-13-5-9(10-3-4-20-8-10)1-2-12(13)14(18)19/h1-5,8,11,15-17H,6-7H2,(H,18,19). The molecule has 0 saturated heterocycles. The van der Waals surface area contributed by atoms with Crippen LogP contribution in [-0.2, 0) is 0 Å². The van der Waals surface area contributed by atoms with E-state index in [0.29, 0.717) is 5.69 Å². The van der Waals surface area contributed by atoms with E-state index in [2.05, 4.69) is 5.32 Å². The van der Waals surface area contributed by atoms with Crippen LogP contribution in [0.4, 0.5) is 5.69 Å². The second-order valence-electron chi connectivity index (χ2n) is 4.29. The normalized spacial score (nSPS) is 12.1. The molecular weight excluding hydrogens is 278 g/mol. The van der Waals surface area contributed by atoms with Crippen molar-refractivity contribution in [1.82, 2.24) is 0 Å². The summed E-state index contributed by atoms with van der Waals surface area (Å²) in [5.41, 5.74) is 2.47. The van der Waals surface area contributed by atoms with Gasteiger partial charge in [-0.15, -0.1) is 0 Å². The summed E-state index contributed by atoms with van der Waals surface area (Å²) in [5, 5.41) is 34.1. The van der Waals surface area contributed by atoms with E-state index in [1.165, 1.54) is 6.07 Å². The first-order valence-corrected chi connectivity index (χ1v) is 6.99. The largest absolute Gasteiger partial charge is 0.478 e. The summed E-state index contributed by atoms with van der Waals surface area (Å²) in [6, 6.07) is 6.96. The monoisotopic (exact) mass is 293 g/mol. The molecule has 0 spiro atoms. The van der Waals surface area contributed by atoms with Gasteiger partial charge in [-0.3, -0.25) is 0 Å². The van der Waals surface area contributed by atoms with Crippen molar-refractivity contribution in [2.45, 2.75) is 6.10 Å². The van der Waals surface area contributed by atoms with Crippen LogP contribution in [0.5, 0.6) is 0 Å². The SMILES string of the molecule is O=C(O)c1ccc(-c2ccsc2)cc1NCC(O)CO. The summed E-state index contributed by atoms with van der Waals surface area (Å²) < 4.78 is 0. The Bertz CT molecular complexity index is 583. The van der Waals surface area contributed by atoms with E-state index >= 15 is 0 Å². The smallest absolute Gasteiger partial charge is 0.337 e. The Hall–Kier alpha value is -1.89. The minimum Gasteiger partial charge on any atom is -0.478 e. The number of aliphatic hydroxyl groups excluding tert-OH is 2. The fraction of sp³-hybridized carbons (Fsp3) is 0.214. The predicted octanol–water partition coefficient (Wildman–Crippen LogP) is 1.88. The van der Waals surface area contributed by atoms with E-state index in [0.717, 1.165) is 11.1 Å². The van der Waals surface area contributed by atoms with Gasteiger partial charge in [-0.25, -0.2) is 4.79 Å². The molecule has 106 valence electrons. The number of carbonyl (C=O) groups is 1. The van der Waals surface area contributed by atoms with Crippen LogP contribution in [0, 0.1) is 0 Å². The van der Waals surface area contributed by atoms with Gasteiger partial charge in [0.2, 0.25) is 0 Å². The van der Waals surface area contributed by atoms with E-state index < -0.39 is 12.1 Å². The van der Waals surface area contributed by atoms with Crippen LogP contribution in [-0.4, -0.2) is 40.5 Å². The lowest BCUT2D eigenvalue weighted by Gasteiger charge is -2.13. The first-order valence-electron chi connectivity index (χ1n) is 6.04. The molecule has 0 fully saturated rings. The van der Waals surface area contributed by atoms with Gasteiger partial charge in [0.25, 0.3) is 0 Å². The third-order valence-corrected chi connectivity index (χ3v) is 3.53. The van der Waals surface area contributed by atoms with Gasteiger partial charge < -0.3 is 20.6 Å². The van der Waals surface area contributed by atoms with E-state index in [-0.39, 0.29) is 18.7 Å². The highest BCUT2D eigenvalue weighted by Crippen LogP contribution is 2.27. The van der Waals surface area contributed by atoms with Crippen molar-refractivity contribution in [3.8, 4) is 11.1 Å². The molecule has 0 aliphatic carbocycles. The van der Waals surface area contributed by atoms with Crippen LogP contribution in [0.25, 0.3) is 11.1 Å². The maximum Gasteiger partial charge on any atom is 0.337 e. The molecule has 1 aromatic heterocycles. The number of benzene rings is 1. The highest BCUT2D eigenvalue weighted by Gasteiger charge is 2.12. The third kappa shape index (κ3) is 3.36. The van der Waals surface area contributed by atoms with Crippen LogP contribution in [0.15, 0.2) is 35.0 Å². The van der Waals surface area contributed by atoms with Gasteiger partial charge >= 0.3 is 5.97 Å². The molecule has 1 atom stereocenters. The summed E-state index contributed by atoms with van der Waals surface area (Å²) >= 11 is 1.56. The highest BCUT2D eigenvalue weighted by atomic mass is 32.1. The lowest BCUT2D eigenvalue weighted by molar-refractivity contribution is 0.0697. The number of anilines is 1. The molecule has 1 aromatic carbocycles. The molecule has 2 rings (SSSR count). The van der Waals surface area contributed by atoms with Crippen LogP contribution >= 0.6 is 11.3 Å². The Morgan fingerprint density at radius 1 is 1.30 bits per heavy atom. The number of nitrogens with one attached hydrogen (secondary N) is 1. The first-order chi connectivity index (χ1) is 9.61. The average molecular weight is 293 g/mol. The maximum atomic E-state index is 11.2. The van der Waals surface area contributed by atoms with Gasteiger partial charge in [0.05, 0.1) is 18.3 Å². The van der Waals surface area contributed by atoms with Gasteiger partial charge in [-0.2, -0.15) is 11.3 Å². The van der Waals surface area contributed by atoms with Gasteiger partial charge in [-0.1, -0.05) is 6.07 Å². The second kappa shape index (κ2) is 6.51. The first kappa shape index (κ1) is 14.5. The molecule has 1 unspecified atom stereocenters. The number of carboxylic acids is 1. The van der Waals surface area contributed by atoms with Crippen molar-refractivity contribution >= 4 is 23.0 Å². The Morgan fingerprint density at radius 2 is 2.10 bits per heavy atom. The van der Waals surface area contributed by atoms with Gasteiger partial charge in [0.1, 0.15) is 0 Å². The van der Waals surface area contributed by atoms with Crippen molar-refractivity contribution in [2.75, 3.05) is 18.5 Å². The van der Waals surface area contributed by atoms with E-state index in [9.17, 15) is 9.90 Å². The maximum absolute atomic E-state index is 11.2. The van der Waals surface area contributed by atoms with Crippen LogP contribution in [0.1, 0.15) is 10.4 Å². The van der Waals surface area contributed by atoms with Crippen molar-refractivity contribution < 1.29 is 20.1 Å². The van der Waals surface area contributed by atoms with Crippen LogP contribution in [0.3, 0.4) is 0 Å². The molecule has 0 aliphatic rings. The Labute approximate surface area is 120 Å². The van der Waals surface area contributed by atoms with Crippen molar-refractivity contribution in [1.29, 1.82) is 0 Å². The number of thiophene rings is 1. The number of hydrogen-bond donors (Lipinski definition) is 4.